The van der Waals surface area contributed by atoms with Crippen LogP contribution in [0.5, 0.6) is 0 Å². The Morgan fingerprint density at radius 1 is 1.11 bits per heavy atom. The highest BCUT2D eigenvalue weighted by Crippen LogP contribution is 2.35. The number of halogens is 1. The van der Waals surface area contributed by atoms with Gasteiger partial charge in [-0.2, -0.15) is 0 Å². The van der Waals surface area contributed by atoms with Gasteiger partial charge in [0.2, 0.25) is 0 Å². The van der Waals surface area contributed by atoms with Gasteiger partial charge in [-0.25, -0.2) is 4.79 Å². The van der Waals surface area contributed by atoms with E-state index in [1.807, 2.05) is 13.8 Å². The summed E-state index contributed by atoms with van der Waals surface area (Å²) in [5, 5.41) is 16.4. The van der Waals surface area contributed by atoms with Gasteiger partial charge in [0.05, 0.1) is 10.6 Å². The molecule has 8 heteroatoms. The molecule has 1 aromatic heterocycles. The zero-order chi connectivity index (χ0) is 27.5. The van der Waals surface area contributed by atoms with E-state index in [1.165, 1.54) is 89.7 Å². The van der Waals surface area contributed by atoms with Crippen LogP contribution in [0.15, 0.2) is 22.7 Å². The number of carbonyl (C=O) groups is 2. The van der Waals surface area contributed by atoms with E-state index in [1.54, 1.807) is 17.0 Å². The van der Waals surface area contributed by atoms with E-state index >= 15 is 0 Å². The molecule has 38 heavy (non-hydrogen) atoms. The second-order valence-corrected chi connectivity index (χ2v) is 11.2. The highest BCUT2D eigenvalue weighted by atomic mass is 35.5. The van der Waals surface area contributed by atoms with Crippen LogP contribution in [0.3, 0.4) is 0 Å². The Hall–Kier alpha value is -2.38. The quantitative estimate of drug-likeness (QED) is 0.250. The van der Waals surface area contributed by atoms with Gasteiger partial charge in [0.25, 0.3) is 5.91 Å². The molecular weight excluding hydrogens is 502 g/mol. The third-order valence-electron chi connectivity index (χ3n) is 7.44. The van der Waals surface area contributed by atoms with Crippen molar-refractivity contribution in [1.82, 2.24) is 15.4 Å². The molecule has 0 unspecified atom stereocenters. The number of unbranched alkanes of at least 4 members (excludes halogenated alkanes) is 7. The molecule has 0 spiro atoms. The van der Waals surface area contributed by atoms with Crippen LogP contribution in [0.25, 0.3) is 11.3 Å². The van der Waals surface area contributed by atoms with Crippen LogP contribution in [0.2, 0.25) is 5.02 Å². The fourth-order valence-electron chi connectivity index (χ4n) is 5.19. The van der Waals surface area contributed by atoms with E-state index < -0.39 is 5.97 Å². The molecule has 2 N–H and O–H groups in total. The minimum atomic E-state index is -1.16. The van der Waals surface area contributed by atoms with Gasteiger partial charge in [0, 0.05) is 30.3 Å². The van der Waals surface area contributed by atoms with Crippen LogP contribution in [-0.2, 0) is 6.54 Å². The van der Waals surface area contributed by atoms with Crippen molar-refractivity contribution in [2.75, 3.05) is 6.54 Å². The van der Waals surface area contributed by atoms with Crippen LogP contribution in [0, 0.1) is 0 Å². The number of hydrogen-bond donors (Lipinski definition) is 2. The Balaban J connectivity index is 0.000000223. The van der Waals surface area contributed by atoms with Crippen molar-refractivity contribution < 1.29 is 19.2 Å². The second kappa shape index (κ2) is 15.3. The van der Waals surface area contributed by atoms with Gasteiger partial charge in [0.1, 0.15) is 0 Å². The van der Waals surface area contributed by atoms with Crippen LogP contribution in [-0.4, -0.2) is 45.7 Å². The first-order chi connectivity index (χ1) is 18.3. The molecule has 7 nitrogen and oxygen atoms in total. The number of carboxylic acid groups (broad SMARTS) is 1. The monoisotopic (exact) mass is 545 g/mol. The lowest BCUT2D eigenvalue weighted by Gasteiger charge is -2.19. The number of carbonyl (C=O) groups excluding carboxylic acids is 1. The number of aromatic carboxylic acids is 1. The molecule has 0 saturated heterocycles. The van der Waals surface area contributed by atoms with Gasteiger partial charge >= 0.3 is 5.97 Å². The summed E-state index contributed by atoms with van der Waals surface area (Å²) in [6, 6.07) is 5.65. The van der Waals surface area contributed by atoms with Crippen LogP contribution in [0.1, 0.15) is 124 Å². The summed E-state index contributed by atoms with van der Waals surface area (Å²) in [6.45, 7) is 7.90. The fraction of sp³-hybridized carbons (Fsp3) is 0.633. The van der Waals surface area contributed by atoms with Crippen molar-refractivity contribution in [1.29, 1.82) is 0 Å². The number of amides is 1. The molecule has 1 saturated carbocycles. The lowest BCUT2D eigenvalue weighted by atomic mass is 10.0. The molecule has 210 valence electrons. The molecule has 1 aliphatic carbocycles. The maximum absolute atomic E-state index is 12.3. The number of carboxylic acids is 1. The average molecular weight is 546 g/mol. The molecule has 1 amide bonds. The first-order valence-electron chi connectivity index (χ1n) is 14.4. The Morgan fingerprint density at radius 3 is 2.37 bits per heavy atom. The highest BCUT2D eigenvalue weighted by Gasteiger charge is 2.32. The zero-order valence-electron chi connectivity index (χ0n) is 23.2. The Bertz CT molecular complexity index is 1050. The minimum Gasteiger partial charge on any atom is -0.476 e. The minimum absolute atomic E-state index is 0.0725. The van der Waals surface area contributed by atoms with E-state index in [0.717, 1.165) is 11.6 Å². The largest absolute Gasteiger partial charge is 0.476 e. The molecule has 2 aliphatic rings. The van der Waals surface area contributed by atoms with Crippen LogP contribution in [0.4, 0.5) is 0 Å². The van der Waals surface area contributed by atoms with E-state index in [2.05, 4.69) is 17.4 Å². The molecule has 0 radical (unpaired) electrons. The van der Waals surface area contributed by atoms with Gasteiger partial charge in [0.15, 0.2) is 11.5 Å². The maximum Gasteiger partial charge on any atom is 0.358 e. The number of fused-ring (bicyclic) bond motifs is 1. The molecule has 1 aliphatic heterocycles. The van der Waals surface area contributed by atoms with E-state index in [-0.39, 0.29) is 17.6 Å². The van der Waals surface area contributed by atoms with Gasteiger partial charge in [-0.1, -0.05) is 81.5 Å². The second-order valence-electron chi connectivity index (χ2n) is 10.8. The van der Waals surface area contributed by atoms with Crippen molar-refractivity contribution >= 4 is 23.5 Å². The summed E-state index contributed by atoms with van der Waals surface area (Å²) < 4.78 is 5.04. The van der Waals surface area contributed by atoms with Gasteiger partial charge in [-0.05, 0) is 57.4 Å². The van der Waals surface area contributed by atoms with E-state index in [4.69, 9.17) is 21.2 Å². The summed E-state index contributed by atoms with van der Waals surface area (Å²) in [5.74, 6) is -0.952. The third kappa shape index (κ3) is 8.57. The number of nitrogens with zero attached hydrogens (tertiary/aromatic N) is 2. The molecular formula is C30H44ClN3O4. The Labute approximate surface area is 232 Å². The fourth-order valence-corrected chi connectivity index (χ4v) is 5.51. The maximum atomic E-state index is 12.3. The third-order valence-corrected chi connectivity index (χ3v) is 7.74. The average Bonchev–Trinajstić information content (AvgIpc) is 3.64. The molecule has 2 heterocycles. The van der Waals surface area contributed by atoms with Crippen molar-refractivity contribution in [3.63, 3.8) is 0 Å². The van der Waals surface area contributed by atoms with Crippen molar-refractivity contribution in [3.8, 4) is 11.3 Å². The number of benzene rings is 1. The number of aromatic nitrogens is 1. The van der Waals surface area contributed by atoms with E-state index in [0.29, 0.717) is 28.5 Å². The first kappa shape index (κ1) is 30.2. The van der Waals surface area contributed by atoms with Crippen molar-refractivity contribution in [3.05, 3.63) is 40.0 Å². The smallest absolute Gasteiger partial charge is 0.358 e. The van der Waals surface area contributed by atoms with Crippen molar-refractivity contribution in [2.24, 2.45) is 0 Å². The summed E-state index contributed by atoms with van der Waals surface area (Å²) in [5.41, 5.74) is 1.72. The number of hydrogen-bond acceptors (Lipinski definition) is 5. The summed E-state index contributed by atoms with van der Waals surface area (Å²) in [7, 11) is 0. The van der Waals surface area contributed by atoms with Crippen molar-refractivity contribution in [2.45, 2.75) is 116 Å². The van der Waals surface area contributed by atoms with E-state index in [9.17, 15) is 9.59 Å². The van der Waals surface area contributed by atoms with Gasteiger partial charge in [-0.3, -0.25) is 4.79 Å². The Kier molecular flexibility index (Phi) is 12.1. The summed E-state index contributed by atoms with van der Waals surface area (Å²) in [4.78, 5) is 24.9. The molecule has 1 fully saturated rings. The van der Waals surface area contributed by atoms with Crippen LogP contribution >= 0.6 is 11.6 Å². The molecule has 4 rings (SSSR count). The first-order valence-corrected chi connectivity index (χ1v) is 14.8. The van der Waals surface area contributed by atoms with Gasteiger partial charge in [-0.15, -0.1) is 0 Å². The standard InChI is InChI=1S/C15H13ClN2O4.C15H31N/c1-7(2)18-6-9-3-8(4-10(16)13(9)14(18)19)12-5-11(15(20)21)17-22-12;1-2-3-4-5-6-7-8-11-14-16-15-12-9-10-13-15/h3-5,7H,6H2,1-2H3,(H,20,21);15-16H,2-14H2,1H3. The van der Waals surface area contributed by atoms with Crippen LogP contribution < -0.4 is 5.32 Å². The topological polar surface area (TPSA) is 95.7 Å². The predicted octanol–water partition coefficient (Wildman–Crippen LogP) is 7.72. The number of rotatable bonds is 13. The number of nitrogens with one attached hydrogen (secondary N) is 1. The SMILES string of the molecule is CC(C)N1Cc2cc(-c3cc(C(=O)O)no3)cc(Cl)c2C1=O.CCCCCCCCCCNC1CCCC1. The summed E-state index contributed by atoms with van der Waals surface area (Å²) in [6.07, 6.45) is 17.2. The molecule has 1 aromatic carbocycles. The molecule has 0 atom stereocenters. The lowest BCUT2D eigenvalue weighted by Crippen LogP contribution is -2.30. The predicted molar refractivity (Wildman–Crippen MR) is 152 cm³/mol. The molecule has 2 aromatic rings. The highest BCUT2D eigenvalue weighted by molar-refractivity contribution is 6.34. The lowest BCUT2D eigenvalue weighted by molar-refractivity contribution is 0.0684. The summed E-state index contributed by atoms with van der Waals surface area (Å²) >= 11 is 6.23. The normalized spacial score (nSPS) is 15.2. The zero-order valence-corrected chi connectivity index (χ0v) is 24.0. The van der Waals surface area contributed by atoms with Gasteiger partial charge < -0.3 is 19.8 Å². The molecule has 0 bridgehead atoms. The Morgan fingerprint density at radius 2 is 1.76 bits per heavy atom.